The molecule has 110 valence electrons. The lowest BCUT2D eigenvalue weighted by molar-refractivity contribution is 0.0717. The van der Waals surface area contributed by atoms with E-state index < -0.39 is 0 Å². The molecule has 0 aromatic heterocycles. The minimum absolute atomic E-state index is 0.0951. The topological polar surface area (TPSA) is 49.3 Å². The van der Waals surface area contributed by atoms with E-state index in [9.17, 15) is 14.3 Å². The Bertz CT molecular complexity index is 487. The fourth-order valence-corrected chi connectivity index (χ4v) is 3.26. The molecule has 5 heteroatoms. The quantitative estimate of drug-likeness (QED) is 0.881. The van der Waals surface area contributed by atoms with Gasteiger partial charge in [-0.15, -0.1) is 0 Å². The Morgan fingerprint density at radius 1 is 1.35 bits per heavy atom. The highest BCUT2D eigenvalue weighted by Crippen LogP contribution is 2.35. The van der Waals surface area contributed by atoms with Crippen molar-refractivity contribution >= 4 is 21.8 Å². The Morgan fingerprint density at radius 3 is 2.65 bits per heavy atom. The van der Waals surface area contributed by atoms with E-state index in [1.54, 1.807) is 0 Å². The number of halogens is 2. The number of hydrogen-bond donors (Lipinski definition) is 2. The fraction of sp³-hybridized carbons (Fsp3) is 0.533. The van der Waals surface area contributed by atoms with Crippen molar-refractivity contribution < 1.29 is 14.3 Å². The van der Waals surface area contributed by atoms with Gasteiger partial charge in [-0.3, -0.25) is 4.79 Å². The van der Waals surface area contributed by atoms with Crippen LogP contribution in [0.25, 0.3) is 0 Å². The predicted octanol–water partition coefficient (Wildman–Crippen LogP) is 3.26. The first-order valence-corrected chi connectivity index (χ1v) is 7.70. The van der Waals surface area contributed by atoms with Crippen molar-refractivity contribution in [1.29, 1.82) is 0 Å². The van der Waals surface area contributed by atoms with Gasteiger partial charge >= 0.3 is 0 Å². The molecule has 1 aliphatic rings. The third kappa shape index (κ3) is 3.58. The number of carbonyl (C=O) groups is 1. The average Bonchev–Trinajstić information content (AvgIpc) is 2.46. The molecule has 1 saturated carbocycles. The molecule has 0 spiro atoms. The van der Waals surface area contributed by atoms with Crippen LogP contribution in [-0.2, 0) is 0 Å². The van der Waals surface area contributed by atoms with Crippen LogP contribution in [-0.4, -0.2) is 24.2 Å². The summed E-state index contributed by atoms with van der Waals surface area (Å²) in [6, 6.07) is 4.00. The van der Waals surface area contributed by atoms with Gasteiger partial charge in [0.25, 0.3) is 5.91 Å². The average molecular weight is 344 g/mol. The Balaban J connectivity index is 2.00. The molecule has 2 N–H and O–H groups in total. The molecule has 0 radical (unpaired) electrons. The molecule has 1 amide bonds. The van der Waals surface area contributed by atoms with E-state index in [-0.39, 0.29) is 23.7 Å². The van der Waals surface area contributed by atoms with Gasteiger partial charge in [-0.25, -0.2) is 4.39 Å². The molecule has 1 fully saturated rings. The lowest BCUT2D eigenvalue weighted by atomic mass is 9.74. The van der Waals surface area contributed by atoms with E-state index in [0.29, 0.717) is 16.6 Å². The van der Waals surface area contributed by atoms with Gasteiger partial charge in [0.1, 0.15) is 5.82 Å². The summed E-state index contributed by atoms with van der Waals surface area (Å²) in [5.74, 6) is -0.622. The van der Waals surface area contributed by atoms with Crippen LogP contribution in [0.1, 0.15) is 42.5 Å². The van der Waals surface area contributed by atoms with Crippen LogP contribution >= 0.6 is 15.9 Å². The summed E-state index contributed by atoms with van der Waals surface area (Å²) in [6.07, 6.45) is 5.26. The van der Waals surface area contributed by atoms with Gasteiger partial charge in [0.2, 0.25) is 0 Å². The van der Waals surface area contributed by atoms with Crippen LogP contribution in [0.4, 0.5) is 4.39 Å². The number of carbonyl (C=O) groups excluding carboxylic acids is 1. The number of aliphatic hydroxyl groups is 1. The SMILES string of the molecule is O=C(NCC1(CO)CCCCC1)c1ccc(F)cc1Br. The van der Waals surface area contributed by atoms with E-state index in [4.69, 9.17) is 0 Å². The Labute approximate surface area is 126 Å². The highest BCUT2D eigenvalue weighted by Gasteiger charge is 2.31. The molecule has 0 aliphatic heterocycles. The third-order valence-corrected chi connectivity index (χ3v) is 4.71. The second-order valence-electron chi connectivity index (χ2n) is 5.53. The summed E-state index contributed by atoms with van der Waals surface area (Å²) < 4.78 is 13.4. The molecule has 0 bridgehead atoms. The summed E-state index contributed by atoms with van der Waals surface area (Å²) in [6.45, 7) is 0.560. The fourth-order valence-electron chi connectivity index (χ4n) is 2.73. The lowest BCUT2D eigenvalue weighted by Crippen LogP contribution is -2.41. The van der Waals surface area contributed by atoms with Crippen LogP contribution in [0, 0.1) is 11.2 Å². The van der Waals surface area contributed by atoms with Crippen molar-refractivity contribution in [3.63, 3.8) is 0 Å². The van der Waals surface area contributed by atoms with E-state index in [0.717, 1.165) is 25.7 Å². The van der Waals surface area contributed by atoms with Crippen LogP contribution < -0.4 is 5.32 Å². The second-order valence-corrected chi connectivity index (χ2v) is 6.38. The van der Waals surface area contributed by atoms with Gasteiger partial charge in [0.05, 0.1) is 12.2 Å². The van der Waals surface area contributed by atoms with Gasteiger partial charge < -0.3 is 10.4 Å². The Kier molecular flexibility index (Phi) is 5.16. The first-order chi connectivity index (χ1) is 9.56. The molecule has 1 aromatic carbocycles. The van der Waals surface area contributed by atoms with E-state index >= 15 is 0 Å². The van der Waals surface area contributed by atoms with Crippen molar-refractivity contribution in [1.82, 2.24) is 5.32 Å². The molecule has 0 saturated heterocycles. The van der Waals surface area contributed by atoms with E-state index in [2.05, 4.69) is 21.2 Å². The number of hydrogen-bond acceptors (Lipinski definition) is 2. The highest BCUT2D eigenvalue weighted by molar-refractivity contribution is 9.10. The van der Waals surface area contributed by atoms with Crippen molar-refractivity contribution in [2.45, 2.75) is 32.1 Å². The summed E-state index contributed by atoms with van der Waals surface area (Å²) in [5, 5.41) is 12.5. The number of benzene rings is 1. The first-order valence-electron chi connectivity index (χ1n) is 6.90. The van der Waals surface area contributed by atoms with Crippen LogP contribution in [0.15, 0.2) is 22.7 Å². The lowest BCUT2D eigenvalue weighted by Gasteiger charge is -2.35. The molecule has 0 heterocycles. The van der Waals surface area contributed by atoms with Crippen molar-refractivity contribution in [3.8, 4) is 0 Å². The maximum atomic E-state index is 13.0. The van der Waals surface area contributed by atoms with Crippen molar-refractivity contribution in [2.24, 2.45) is 5.41 Å². The molecular formula is C15H19BrFNO2. The minimum atomic E-state index is -0.382. The second kappa shape index (κ2) is 6.68. The van der Waals surface area contributed by atoms with Gasteiger partial charge in [0.15, 0.2) is 0 Å². The monoisotopic (exact) mass is 343 g/mol. The van der Waals surface area contributed by atoms with Crippen molar-refractivity contribution in [2.75, 3.05) is 13.2 Å². The highest BCUT2D eigenvalue weighted by atomic mass is 79.9. The molecule has 20 heavy (non-hydrogen) atoms. The maximum absolute atomic E-state index is 13.0. The zero-order chi connectivity index (χ0) is 14.6. The smallest absolute Gasteiger partial charge is 0.252 e. The molecule has 3 nitrogen and oxygen atoms in total. The molecule has 2 rings (SSSR count). The number of amides is 1. The summed E-state index contributed by atoms with van der Waals surface area (Å²) in [5.41, 5.74) is 0.218. The zero-order valence-corrected chi connectivity index (χ0v) is 12.9. The van der Waals surface area contributed by atoms with Gasteiger partial charge in [-0.1, -0.05) is 19.3 Å². The standard InChI is InChI=1S/C15H19BrFNO2/c16-13-8-11(17)4-5-12(13)14(20)18-9-15(10-19)6-2-1-3-7-15/h4-5,8,19H,1-3,6-7,9-10H2,(H,18,20). The minimum Gasteiger partial charge on any atom is -0.396 e. The van der Waals surface area contributed by atoms with Crippen LogP contribution in [0.5, 0.6) is 0 Å². The summed E-state index contributed by atoms with van der Waals surface area (Å²) in [4.78, 5) is 12.1. The molecule has 1 aromatic rings. The first kappa shape index (κ1) is 15.4. The van der Waals surface area contributed by atoms with Gasteiger partial charge in [0, 0.05) is 16.4 Å². The Morgan fingerprint density at radius 2 is 2.05 bits per heavy atom. The van der Waals surface area contributed by atoms with E-state index in [1.165, 1.54) is 24.6 Å². The maximum Gasteiger partial charge on any atom is 0.252 e. The summed E-state index contributed by atoms with van der Waals surface area (Å²) >= 11 is 3.19. The number of aliphatic hydroxyl groups excluding tert-OH is 1. The normalized spacial score (nSPS) is 17.8. The molecule has 1 aliphatic carbocycles. The molecule has 0 atom stereocenters. The summed E-state index contributed by atoms with van der Waals surface area (Å²) in [7, 11) is 0. The Hall–Kier alpha value is -0.940. The number of nitrogens with one attached hydrogen (secondary N) is 1. The van der Waals surface area contributed by atoms with Gasteiger partial charge in [-0.05, 0) is 47.0 Å². The third-order valence-electron chi connectivity index (χ3n) is 4.05. The van der Waals surface area contributed by atoms with E-state index in [1.807, 2.05) is 0 Å². The molecule has 0 unspecified atom stereocenters. The van der Waals surface area contributed by atoms with Crippen molar-refractivity contribution in [3.05, 3.63) is 34.1 Å². The predicted molar refractivity (Wildman–Crippen MR) is 79.0 cm³/mol. The largest absolute Gasteiger partial charge is 0.396 e. The molecular weight excluding hydrogens is 325 g/mol. The van der Waals surface area contributed by atoms with Gasteiger partial charge in [-0.2, -0.15) is 0 Å². The zero-order valence-electron chi connectivity index (χ0n) is 11.3. The van der Waals surface area contributed by atoms with Crippen LogP contribution in [0.2, 0.25) is 0 Å². The number of rotatable bonds is 4. The van der Waals surface area contributed by atoms with Crippen LogP contribution in [0.3, 0.4) is 0 Å².